The largest absolute Gasteiger partial charge is 0.317 e. The van der Waals surface area contributed by atoms with Gasteiger partial charge in [0.1, 0.15) is 0 Å². The summed E-state index contributed by atoms with van der Waals surface area (Å²) < 4.78 is 0. The summed E-state index contributed by atoms with van der Waals surface area (Å²) in [6.45, 7) is 4.40. The van der Waals surface area contributed by atoms with E-state index in [-0.39, 0.29) is 0 Å². The Morgan fingerprint density at radius 3 is 3.00 bits per heavy atom. The van der Waals surface area contributed by atoms with Crippen molar-refractivity contribution in [1.29, 1.82) is 0 Å². The molecule has 1 N–H and O–H groups in total. The summed E-state index contributed by atoms with van der Waals surface area (Å²) in [6, 6.07) is 2.06. The van der Waals surface area contributed by atoms with Gasteiger partial charge >= 0.3 is 0 Å². The lowest BCUT2D eigenvalue weighted by Gasteiger charge is -2.20. The first-order chi connectivity index (χ1) is 8.31. The molecule has 2 unspecified atom stereocenters. The van der Waals surface area contributed by atoms with Crippen LogP contribution in [0.2, 0.25) is 5.02 Å². The standard InChI is InChI=1S/C14H21ClN2/c1-2-16-9-13-5-3-4-11(13)8-12-6-7-17-10-14(12)15/h6-7,10-11,13,16H,2-5,8-9H2,1H3. The van der Waals surface area contributed by atoms with Crippen molar-refractivity contribution in [3.63, 3.8) is 0 Å². The van der Waals surface area contributed by atoms with E-state index in [1.54, 1.807) is 6.20 Å². The molecule has 1 aromatic rings. The Hall–Kier alpha value is -0.600. The Morgan fingerprint density at radius 2 is 2.24 bits per heavy atom. The first-order valence-electron chi connectivity index (χ1n) is 6.60. The molecule has 0 amide bonds. The summed E-state index contributed by atoms with van der Waals surface area (Å²) in [5, 5.41) is 4.30. The van der Waals surface area contributed by atoms with Crippen LogP contribution in [-0.2, 0) is 6.42 Å². The van der Waals surface area contributed by atoms with Crippen LogP contribution in [0.25, 0.3) is 0 Å². The van der Waals surface area contributed by atoms with E-state index in [1.807, 2.05) is 6.20 Å². The van der Waals surface area contributed by atoms with Crippen LogP contribution < -0.4 is 5.32 Å². The van der Waals surface area contributed by atoms with Gasteiger partial charge < -0.3 is 5.32 Å². The number of nitrogens with one attached hydrogen (secondary N) is 1. The lowest BCUT2D eigenvalue weighted by atomic mass is 9.90. The molecule has 2 atom stereocenters. The van der Waals surface area contributed by atoms with Gasteiger partial charge in [-0.1, -0.05) is 24.9 Å². The van der Waals surface area contributed by atoms with Crippen molar-refractivity contribution in [2.45, 2.75) is 32.6 Å². The fraction of sp³-hybridized carbons (Fsp3) is 0.643. The molecule has 0 aliphatic heterocycles. The molecule has 17 heavy (non-hydrogen) atoms. The van der Waals surface area contributed by atoms with Gasteiger partial charge in [-0.05, 0) is 55.8 Å². The average Bonchev–Trinajstić information content (AvgIpc) is 2.77. The predicted octanol–water partition coefficient (Wildman–Crippen LogP) is 3.30. The first-order valence-corrected chi connectivity index (χ1v) is 6.98. The number of rotatable bonds is 5. The highest BCUT2D eigenvalue weighted by molar-refractivity contribution is 6.31. The second-order valence-corrected chi connectivity index (χ2v) is 5.34. The van der Waals surface area contributed by atoms with Gasteiger partial charge in [0, 0.05) is 12.4 Å². The molecular weight excluding hydrogens is 232 g/mol. The second kappa shape index (κ2) is 6.36. The Bertz CT molecular complexity index is 354. The third-order valence-electron chi connectivity index (χ3n) is 3.81. The summed E-state index contributed by atoms with van der Waals surface area (Å²) in [7, 11) is 0. The van der Waals surface area contributed by atoms with E-state index < -0.39 is 0 Å². The van der Waals surface area contributed by atoms with Gasteiger partial charge in [0.25, 0.3) is 0 Å². The van der Waals surface area contributed by atoms with E-state index in [2.05, 4.69) is 23.3 Å². The third kappa shape index (κ3) is 3.43. The summed E-state index contributed by atoms with van der Waals surface area (Å²) in [6.07, 6.45) is 8.77. The molecule has 2 rings (SSSR count). The Morgan fingerprint density at radius 1 is 1.41 bits per heavy atom. The number of aromatic nitrogens is 1. The maximum Gasteiger partial charge on any atom is 0.0621 e. The molecule has 0 spiro atoms. The van der Waals surface area contributed by atoms with E-state index in [9.17, 15) is 0 Å². The smallest absolute Gasteiger partial charge is 0.0621 e. The fourth-order valence-electron chi connectivity index (χ4n) is 2.83. The summed E-state index contributed by atoms with van der Waals surface area (Å²) in [5.41, 5.74) is 1.26. The lowest BCUT2D eigenvalue weighted by Crippen LogP contribution is -2.26. The molecule has 1 aliphatic rings. The minimum absolute atomic E-state index is 0.786. The zero-order valence-corrected chi connectivity index (χ0v) is 11.2. The Labute approximate surface area is 109 Å². The number of halogens is 1. The van der Waals surface area contributed by atoms with Crippen molar-refractivity contribution < 1.29 is 0 Å². The zero-order chi connectivity index (χ0) is 12.1. The van der Waals surface area contributed by atoms with E-state index in [0.717, 1.165) is 36.4 Å². The molecule has 1 aromatic heterocycles. The van der Waals surface area contributed by atoms with E-state index in [1.165, 1.54) is 24.8 Å². The van der Waals surface area contributed by atoms with Crippen molar-refractivity contribution in [2.75, 3.05) is 13.1 Å². The van der Waals surface area contributed by atoms with E-state index >= 15 is 0 Å². The minimum Gasteiger partial charge on any atom is -0.317 e. The van der Waals surface area contributed by atoms with Gasteiger partial charge in [-0.2, -0.15) is 0 Å². The second-order valence-electron chi connectivity index (χ2n) is 4.93. The van der Waals surface area contributed by atoms with Crippen LogP contribution in [0.4, 0.5) is 0 Å². The molecule has 1 heterocycles. The van der Waals surface area contributed by atoms with Crippen molar-refractivity contribution in [3.05, 3.63) is 29.0 Å². The summed E-state index contributed by atoms with van der Waals surface area (Å²) >= 11 is 6.18. The fourth-order valence-corrected chi connectivity index (χ4v) is 3.03. The van der Waals surface area contributed by atoms with Gasteiger partial charge in [0.2, 0.25) is 0 Å². The topological polar surface area (TPSA) is 24.9 Å². The molecule has 0 aromatic carbocycles. The van der Waals surface area contributed by atoms with E-state index in [4.69, 9.17) is 11.6 Å². The predicted molar refractivity (Wildman–Crippen MR) is 72.3 cm³/mol. The van der Waals surface area contributed by atoms with Crippen LogP contribution >= 0.6 is 11.6 Å². The Kier molecular flexibility index (Phi) is 4.81. The zero-order valence-electron chi connectivity index (χ0n) is 10.5. The van der Waals surface area contributed by atoms with Crippen LogP contribution in [0.15, 0.2) is 18.5 Å². The molecule has 94 valence electrons. The van der Waals surface area contributed by atoms with Gasteiger partial charge in [0.05, 0.1) is 5.02 Å². The lowest BCUT2D eigenvalue weighted by molar-refractivity contribution is 0.368. The summed E-state index contributed by atoms with van der Waals surface area (Å²) in [4.78, 5) is 4.04. The van der Waals surface area contributed by atoms with E-state index in [0.29, 0.717) is 0 Å². The summed E-state index contributed by atoms with van der Waals surface area (Å²) in [5.74, 6) is 1.60. The van der Waals surface area contributed by atoms with Crippen LogP contribution in [0, 0.1) is 11.8 Å². The van der Waals surface area contributed by atoms with Crippen molar-refractivity contribution >= 4 is 11.6 Å². The molecular formula is C14H21ClN2. The Balaban J connectivity index is 1.95. The van der Waals surface area contributed by atoms with Gasteiger partial charge in [-0.15, -0.1) is 0 Å². The maximum atomic E-state index is 6.18. The highest BCUT2D eigenvalue weighted by Gasteiger charge is 2.27. The van der Waals surface area contributed by atoms with Gasteiger partial charge in [-0.3, -0.25) is 4.98 Å². The van der Waals surface area contributed by atoms with Crippen LogP contribution in [-0.4, -0.2) is 18.1 Å². The third-order valence-corrected chi connectivity index (χ3v) is 4.15. The molecule has 1 saturated carbocycles. The SMILES string of the molecule is CCNCC1CCCC1Cc1ccncc1Cl. The minimum atomic E-state index is 0.786. The van der Waals surface area contributed by atoms with Gasteiger partial charge in [0.15, 0.2) is 0 Å². The monoisotopic (exact) mass is 252 g/mol. The molecule has 1 fully saturated rings. The van der Waals surface area contributed by atoms with Gasteiger partial charge in [-0.25, -0.2) is 0 Å². The molecule has 3 heteroatoms. The number of pyridine rings is 1. The average molecular weight is 253 g/mol. The molecule has 1 aliphatic carbocycles. The van der Waals surface area contributed by atoms with Crippen LogP contribution in [0.1, 0.15) is 31.7 Å². The van der Waals surface area contributed by atoms with Crippen molar-refractivity contribution in [3.8, 4) is 0 Å². The first kappa shape index (κ1) is 12.8. The molecule has 0 radical (unpaired) electrons. The highest BCUT2D eigenvalue weighted by Crippen LogP contribution is 2.34. The number of hydrogen-bond donors (Lipinski definition) is 1. The normalized spacial score (nSPS) is 24.1. The highest BCUT2D eigenvalue weighted by atomic mass is 35.5. The molecule has 2 nitrogen and oxygen atoms in total. The van der Waals surface area contributed by atoms with Crippen molar-refractivity contribution in [1.82, 2.24) is 10.3 Å². The number of hydrogen-bond acceptors (Lipinski definition) is 2. The maximum absolute atomic E-state index is 6.18. The number of nitrogens with zero attached hydrogens (tertiary/aromatic N) is 1. The van der Waals surface area contributed by atoms with Crippen LogP contribution in [0.5, 0.6) is 0 Å². The van der Waals surface area contributed by atoms with Crippen LogP contribution in [0.3, 0.4) is 0 Å². The quantitative estimate of drug-likeness (QED) is 0.870. The molecule has 0 saturated heterocycles. The van der Waals surface area contributed by atoms with Crippen molar-refractivity contribution in [2.24, 2.45) is 11.8 Å². The molecule has 0 bridgehead atoms.